The Kier molecular flexibility index (Phi) is 3.42. The van der Waals surface area contributed by atoms with E-state index in [9.17, 15) is 18.8 Å². The van der Waals surface area contributed by atoms with Crippen molar-refractivity contribution in [2.75, 3.05) is 0 Å². The molecule has 2 heterocycles. The fourth-order valence-electron chi connectivity index (χ4n) is 3.21. The summed E-state index contributed by atoms with van der Waals surface area (Å²) in [5.74, 6) is 0. The maximum absolute atomic E-state index is 13.2. The van der Waals surface area contributed by atoms with Gasteiger partial charge in [0.2, 0.25) is 0 Å². The number of nitrogens with zero attached hydrogens (tertiary/aromatic N) is 3. The van der Waals surface area contributed by atoms with Crippen molar-refractivity contribution in [3.05, 3.63) is 59.9 Å². The predicted octanol–water partition coefficient (Wildman–Crippen LogP) is 2.52. The van der Waals surface area contributed by atoms with Crippen LogP contribution in [0.5, 0.6) is 0 Å². The van der Waals surface area contributed by atoms with Gasteiger partial charge in [-0.3, -0.25) is 0 Å². The second kappa shape index (κ2) is 5.41. The molecule has 4 rings (SSSR count). The van der Waals surface area contributed by atoms with E-state index < -0.39 is 15.6 Å². The zero-order valence-electron chi connectivity index (χ0n) is 13.3. The third-order valence-electron chi connectivity index (χ3n) is 4.72. The largest absolute Gasteiger partial charge is 0.384 e. The quantitative estimate of drug-likeness (QED) is 0.780. The topological polar surface area (TPSA) is 96.0 Å². The Balaban J connectivity index is 2.09. The third-order valence-corrected chi connectivity index (χ3v) is 6.44. The molecule has 0 aliphatic heterocycles. The van der Waals surface area contributed by atoms with Gasteiger partial charge >= 0.3 is 0 Å². The monoisotopic (exact) mass is 353 g/mol. The van der Waals surface area contributed by atoms with Gasteiger partial charge < -0.3 is 5.11 Å². The minimum absolute atomic E-state index is 0.112. The molecule has 1 fully saturated rings. The average molecular weight is 353 g/mol. The number of nitriles is 1. The van der Waals surface area contributed by atoms with Crippen molar-refractivity contribution in [3.63, 3.8) is 0 Å². The first-order chi connectivity index (χ1) is 12.0. The van der Waals surface area contributed by atoms with Crippen molar-refractivity contribution in [2.45, 2.75) is 29.8 Å². The number of aromatic nitrogens is 2. The Morgan fingerprint density at radius 3 is 2.52 bits per heavy atom. The molecule has 1 aliphatic carbocycles. The smallest absolute Gasteiger partial charge is 0.269 e. The fourth-order valence-corrected chi connectivity index (χ4v) is 4.77. The zero-order chi connectivity index (χ0) is 17.7. The molecule has 1 aliphatic rings. The van der Waals surface area contributed by atoms with Gasteiger partial charge in [-0.05, 0) is 43.5 Å². The van der Waals surface area contributed by atoms with Crippen molar-refractivity contribution in [1.82, 2.24) is 8.96 Å². The molecule has 0 saturated heterocycles. The molecule has 0 bridgehead atoms. The van der Waals surface area contributed by atoms with E-state index in [1.165, 1.54) is 24.4 Å². The first kappa shape index (κ1) is 15.8. The Morgan fingerprint density at radius 1 is 1.20 bits per heavy atom. The van der Waals surface area contributed by atoms with E-state index in [0.717, 1.165) is 10.4 Å². The lowest BCUT2D eigenvalue weighted by molar-refractivity contribution is -0.0430. The summed E-state index contributed by atoms with van der Waals surface area (Å²) in [5.41, 5.74) is -0.447. The summed E-state index contributed by atoms with van der Waals surface area (Å²) >= 11 is 0. The minimum Gasteiger partial charge on any atom is -0.384 e. The van der Waals surface area contributed by atoms with Crippen LogP contribution in [-0.4, -0.2) is 22.5 Å². The molecule has 3 aromatic rings. The van der Waals surface area contributed by atoms with Gasteiger partial charge in [-0.1, -0.05) is 18.2 Å². The molecule has 0 atom stereocenters. The molecule has 2 aromatic heterocycles. The maximum atomic E-state index is 13.2. The van der Waals surface area contributed by atoms with Crippen LogP contribution in [-0.2, 0) is 15.6 Å². The molecule has 6 nitrogen and oxygen atoms in total. The number of aliphatic hydroxyl groups is 1. The maximum Gasteiger partial charge on any atom is 0.269 e. The van der Waals surface area contributed by atoms with Crippen LogP contribution in [0.2, 0.25) is 0 Å². The number of pyridine rings is 1. The molecule has 0 unspecified atom stereocenters. The molecular weight excluding hydrogens is 338 g/mol. The third kappa shape index (κ3) is 2.26. The van der Waals surface area contributed by atoms with E-state index in [2.05, 4.69) is 11.1 Å². The SMILES string of the molecule is N#Cc1ccnc2c1cc(C1(O)CCC1)n2S(=O)(=O)c1ccccc1. The van der Waals surface area contributed by atoms with Crippen LogP contribution in [0.1, 0.15) is 30.5 Å². The summed E-state index contributed by atoms with van der Waals surface area (Å²) in [4.78, 5) is 4.31. The Bertz CT molecular complexity index is 1110. The lowest BCUT2D eigenvalue weighted by atomic mass is 9.78. The van der Waals surface area contributed by atoms with E-state index in [-0.39, 0.29) is 16.2 Å². The Labute approximate surface area is 145 Å². The van der Waals surface area contributed by atoms with Crippen LogP contribution < -0.4 is 0 Å². The van der Waals surface area contributed by atoms with Crippen molar-refractivity contribution >= 4 is 21.1 Å². The van der Waals surface area contributed by atoms with Crippen LogP contribution in [0.15, 0.2) is 53.6 Å². The van der Waals surface area contributed by atoms with E-state index in [4.69, 9.17) is 0 Å². The van der Waals surface area contributed by atoms with Crippen LogP contribution in [0.4, 0.5) is 0 Å². The summed E-state index contributed by atoms with van der Waals surface area (Å²) < 4.78 is 27.6. The van der Waals surface area contributed by atoms with Crippen LogP contribution in [0.25, 0.3) is 11.0 Å². The van der Waals surface area contributed by atoms with Crippen molar-refractivity contribution in [1.29, 1.82) is 5.26 Å². The van der Waals surface area contributed by atoms with Crippen LogP contribution >= 0.6 is 0 Å². The summed E-state index contributed by atoms with van der Waals surface area (Å²) in [5, 5.41) is 20.6. The van der Waals surface area contributed by atoms with Crippen molar-refractivity contribution < 1.29 is 13.5 Å². The predicted molar refractivity (Wildman–Crippen MR) is 91.2 cm³/mol. The fraction of sp³-hybridized carbons (Fsp3) is 0.222. The zero-order valence-corrected chi connectivity index (χ0v) is 14.1. The Hall–Kier alpha value is -2.69. The first-order valence-corrected chi connectivity index (χ1v) is 9.35. The summed E-state index contributed by atoms with van der Waals surface area (Å²) in [6.07, 6.45) is 3.19. The highest BCUT2D eigenvalue weighted by Crippen LogP contribution is 2.44. The van der Waals surface area contributed by atoms with Gasteiger partial charge in [-0.25, -0.2) is 17.4 Å². The summed E-state index contributed by atoms with van der Waals surface area (Å²) in [7, 11) is -3.95. The van der Waals surface area contributed by atoms with E-state index in [0.29, 0.717) is 23.8 Å². The van der Waals surface area contributed by atoms with Gasteiger partial charge in [0.05, 0.1) is 22.2 Å². The van der Waals surface area contributed by atoms with Gasteiger partial charge in [0.1, 0.15) is 5.60 Å². The number of benzene rings is 1. The molecule has 7 heteroatoms. The highest BCUT2D eigenvalue weighted by atomic mass is 32.2. The van der Waals surface area contributed by atoms with E-state index >= 15 is 0 Å². The number of fused-ring (bicyclic) bond motifs is 1. The molecule has 25 heavy (non-hydrogen) atoms. The highest BCUT2D eigenvalue weighted by molar-refractivity contribution is 7.90. The van der Waals surface area contributed by atoms with Gasteiger partial charge in [0.25, 0.3) is 10.0 Å². The van der Waals surface area contributed by atoms with Gasteiger partial charge in [-0.15, -0.1) is 0 Å². The number of rotatable bonds is 3. The van der Waals surface area contributed by atoms with E-state index in [1.807, 2.05) is 0 Å². The lowest BCUT2D eigenvalue weighted by Crippen LogP contribution is -2.37. The standard InChI is InChI=1S/C18H15N3O3S/c19-12-13-7-10-20-17-15(13)11-16(18(22)8-4-9-18)21(17)25(23,24)14-5-2-1-3-6-14/h1-3,5-7,10-11,22H,4,8-9H2. The number of hydrogen-bond acceptors (Lipinski definition) is 5. The molecule has 0 spiro atoms. The molecule has 126 valence electrons. The lowest BCUT2D eigenvalue weighted by Gasteiger charge is -2.37. The first-order valence-electron chi connectivity index (χ1n) is 7.91. The van der Waals surface area contributed by atoms with Gasteiger partial charge in [0, 0.05) is 11.6 Å². The van der Waals surface area contributed by atoms with Crippen molar-refractivity contribution in [3.8, 4) is 6.07 Å². The molecule has 0 amide bonds. The normalized spacial score (nSPS) is 16.3. The molecular formula is C18H15N3O3S. The van der Waals surface area contributed by atoms with Crippen LogP contribution in [0.3, 0.4) is 0 Å². The molecule has 0 radical (unpaired) electrons. The van der Waals surface area contributed by atoms with E-state index in [1.54, 1.807) is 24.3 Å². The molecule has 1 saturated carbocycles. The van der Waals surface area contributed by atoms with Crippen molar-refractivity contribution in [2.24, 2.45) is 0 Å². The average Bonchev–Trinajstić information content (AvgIpc) is 3.01. The van der Waals surface area contributed by atoms with Gasteiger partial charge in [0.15, 0.2) is 5.65 Å². The second-order valence-corrected chi connectivity index (χ2v) is 7.99. The van der Waals surface area contributed by atoms with Gasteiger partial charge in [-0.2, -0.15) is 5.26 Å². The Morgan fingerprint density at radius 2 is 1.92 bits per heavy atom. The highest BCUT2D eigenvalue weighted by Gasteiger charge is 2.42. The summed E-state index contributed by atoms with van der Waals surface area (Å²) in [6, 6.07) is 13.2. The van der Waals surface area contributed by atoms with Crippen LogP contribution in [0, 0.1) is 11.3 Å². The minimum atomic E-state index is -3.95. The number of hydrogen-bond donors (Lipinski definition) is 1. The molecule has 1 aromatic carbocycles. The molecule has 1 N–H and O–H groups in total. The summed E-state index contributed by atoms with van der Waals surface area (Å²) in [6.45, 7) is 0. The second-order valence-electron chi connectivity index (χ2n) is 6.20.